The van der Waals surface area contributed by atoms with Crippen LogP contribution in [0, 0.1) is 0 Å². The second kappa shape index (κ2) is 6.65. The minimum Gasteiger partial charge on any atom is -0.480 e. The molecule has 3 N–H and O–H groups in total. The van der Waals surface area contributed by atoms with Crippen molar-refractivity contribution in [1.29, 1.82) is 0 Å². The van der Waals surface area contributed by atoms with E-state index in [0.717, 1.165) is 24.5 Å². The van der Waals surface area contributed by atoms with Gasteiger partial charge in [0.15, 0.2) is 5.82 Å². The molecule has 0 aliphatic rings. The number of nitrogens with zero attached hydrogens (tertiary/aromatic N) is 3. The predicted octanol–water partition coefficient (Wildman–Crippen LogP) is 1.38. The van der Waals surface area contributed by atoms with E-state index >= 15 is 0 Å². The number of carbonyl (C=O) groups is 1. The molecule has 1 unspecified atom stereocenters. The Bertz CT molecular complexity index is 430. The number of nitrogens with two attached hydrogens (primary N) is 1. The van der Waals surface area contributed by atoms with Crippen molar-refractivity contribution in [2.45, 2.75) is 65.0 Å². The third-order valence-corrected chi connectivity index (χ3v) is 3.47. The Balaban J connectivity index is 2.62. The van der Waals surface area contributed by atoms with Crippen molar-refractivity contribution in [3.05, 3.63) is 11.6 Å². The van der Waals surface area contributed by atoms with Crippen LogP contribution in [0.2, 0.25) is 0 Å². The predicted molar refractivity (Wildman–Crippen MR) is 72.9 cm³/mol. The van der Waals surface area contributed by atoms with Crippen molar-refractivity contribution in [3.8, 4) is 0 Å². The molecule has 1 aromatic heterocycles. The number of hydrogen-bond acceptors (Lipinski definition) is 4. The van der Waals surface area contributed by atoms with Crippen LogP contribution in [0.4, 0.5) is 0 Å². The van der Waals surface area contributed by atoms with Gasteiger partial charge in [0, 0.05) is 19.4 Å². The van der Waals surface area contributed by atoms with E-state index < -0.39 is 11.5 Å². The van der Waals surface area contributed by atoms with Crippen molar-refractivity contribution in [2.24, 2.45) is 5.73 Å². The zero-order valence-corrected chi connectivity index (χ0v) is 12.0. The molecule has 6 heteroatoms. The first-order valence-corrected chi connectivity index (χ1v) is 6.91. The number of hydrogen-bond donors (Lipinski definition) is 2. The fourth-order valence-corrected chi connectivity index (χ4v) is 2.00. The van der Waals surface area contributed by atoms with Crippen LogP contribution in [-0.4, -0.2) is 31.4 Å². The highest BCUT2D eigenvalue weighted by molar-refractivity contribution is 5.78. The molecule has 0 bridgehead atoms. The van der Waals surface area contributed by atoms with Crippen LogP contribution >= 0.6 is 0 Å². The number of aliphatic carboxylic acids is 1. The van der Waals surface area contributed by atoms with E-state index in [9.17, 15) is 4.79 Å². The molecular formula is C13H24N4O2. The molecular weight excluding hydrogens is 244 g/mol. The number of aromatic nitrogens is 3. The SMILES string of the molecule is CCc1nc(CC)n(CCCC(N)(CC)C(=O)O)n1. The monoisotopic (exact) mass is 268 g/mol. The summed E-state index contributed by atoms with van der Waals surface area (Å²) >= 11 is 0. The molecule has 0 aliphatic heterocycles. The van der Waals surface area contributed by atoms with Crippen molar-refractivity contribution in [2.75, 3.05) is 0 Å². The van der Waals surface area contributed by atoms with Gasteiger partial charge >= 0.3 is 5.97 Å². The van der Waals surface area contributed by atoms with E-state index in [1.165, 1.54) is 0 Å². The van der Waals surface area contributed by atoms with Gasteiger partial charge in [0.1, 0.15) is 11.4 Å². The van der Waals surface area contributed by atoms with Gasteiger partial charge in [-0.1, -0.05) is 20.8 Å². The molecule has 1 rings (SSSR count). The Labute approximate surface area is 114 Å². The Hall–Kier alpha value is -1.43. The van der Waals surface area contributed by atoms with E-state index in [1.54, 1.807) is 6.92 Å². The van der Waals surface area contributed by atoms with Crippen molar-refractivity contribution in [3.63, 3.8) is 0 Å². The zero-order chi connectivity index (χ0) is 14.5. The standard InChI is InChI=1S/C13H24N4O2/c1-4-10-15-11(5-2)17(16-10)9-7-8-13(14,6-3)12(18)19/h4-9,14H2,1-3H3,(H,18,19). The fraction of sp³-hybridized carbons (Fsp3) is 0.769. The third kappa shape index (κ3) is 3.76. The average Bonchev–Trinajstić information content (AvgIpc) is 2.80. The number of carboxylic acid groups (broad SMARTS) is 1. The minimum absolute atomic E-state index is 0.431. The van der Waals surface area contributed by atoms with Crippen LogP contribution in [0.1, 0.15) is 51.7 Å². The summed E-state index contributed by atoms with van der Waals surface area (Å²) in [6.45, 7) is 6.53. The Morgan fingerprint density at radius 2 is 2.05 bits per heavy atom. The molecule has 0 radical (unpaired) electrons. The molecule has 0 aromatic carbocycles. The maximum absolute atomic E-state index is 11.1. The second-order valence-corrected chi connectivity index (χ2v) is 4.79. The van der Waals surface area contributed by atoms with Gasteiger partial charge in [-0.2, -0.15) is 5.10 Å². The van der Waals surface area contributed by atoms with Gasteiger partial charge in [-0.3, -0.25) is 4.79 Å². The lowest BCUT2D eigenvalue weighted by atomic mass is 9.92. The van der Waals surface area contributed by atoms with Crippen LogP contribution < -0.4 is 5.73 Å². The smallest absolute Gasteiger partial charge is 0.323 e. The summed E-state index contributed by atoms with van der Waals surface area (Å²) in [5.74, 6) is 0.856. The first-order valence-electron chi connectivity index (χ1n) is 6.91. The Kier molecular flexibility index (Phi) is 5.47. The zero-order valence-electron chi connectivity index (χ0n) is 12.0. The number of aryl methyl sites for hydroxylation is 3. The lowest BCUT2D eigenvalue weighted by Crippen LogP contribution is -2.47. The van der Waals surface area contributed by atoms with Crippen LogP contribution in [-0.2, 0) is 24.2 Å². The van der Waals surface area contributed by atoms with Crippen LogP contribution in [0.25, 0.3) is 0 Å². The van der Waals surface area contributed by atoms with Crippen LogP contribution in [0.3, 0.4) is 0 Å². The molecule has 0 amide bonds. The molecule has 0 aliphatic carbocycles. The minimum atomic E-state index is -1.12. The highest BCUT2D eigenvalue weighted by atomic mass is 16.4. The van der Waals surface area contributed by atoms with Gasteiger partial charge in [0.05, 0.1) is 0 Å². The van der Waals surface area contributed by atoms with Gasteiger partial charge in [0.2, 0.25) is 0 Å². The lowest BCUT2D eigenvalue weighted by Gasteiger charge is -2.22. The fourth-order valence-electron chi connectivity index (χ4n) is 2.00. The number of carboxylic acids is 1. The normalized spacial score (nSPS) is 14.3. The van der Waals surface area contributed by atoms with E-state index in [4.69, 9.17) is 10.8 Å². The molecule has 19 heavy (non-hydrogen) atoms. The molecule has 0 fully saturated rings. The Morgan fingerprint density at radius 3 is 2.53 bits per heavy atom. The van der Waals surface area contributed by atoms with Gasteiger partial charge in [-0.25, -0.2) is 9.67 Å². The highest BCUT2D eigenvalue weighted by Gasteiger charge is 2.31. The van der Waals surface area contributed by atoms with Gasteiger partial charge < -0.3 is 10.8 Å². The molecule has 0 saturated heterocycles. The summed E-state index contributed by atoms with van der Waals surface area (Å²) in [5, 5.41) is 13.5. The maximum Gasteiger partial charge on any atom is 0.323 e. The topological polar surface area (TPSA) is 94.0 Å². The summed E-state index contributed by atoms with van der Waals surface area (Å²) < 4.78 is 1.87. The van der Waals surface area contributed by atoms with Gasteiger partial charge in [0.25, 0.3) is 0 Å². The van der Waals surface area contributed by atoms with E-state index in [1.807, 2.05) is 18.5 Å². The van der Waals surface area contributed by atoms with Crippen molar-refractivity contribution in [1.82, 2.24) is 14.8 Å². The lowest BCUT2D eigenvalue weighted by molar-refractivity contribution is -0.143. The van der Waals surface area contributed by atoms with E-state index in [0.29, 0.717) is 25.8 Å². The quantitative estimate of drug-likeness (QED) is 0.742. The summed E-state index contributed by atoms with van der Waals surface area (Å²) in [5.41, 5.74) is 4.74. The largest absolute Gasteiger partial charge is 0.480 e. The summed E-state index contributed by atoms with van der Waals surface area (Å²) in [6.07, 6.45) is 3.21. The van der Waals surface area contributed by atoms with E-state index in [-0.39, 0.29) is 0 Å². The molecule has 6 nitrogen and oxygen atoms in total. The molecule has 1 aromatic rings. The maximum atomic E-state index is 11.1. The van der Waals surface area contributed by atoms with Crippen molar-refractivity contribution >= 4 is 5.97 Å². The van der Waals surface area contributed by atoms with Crippen LogP contribution in [0.5, 0.6) is 0 Å². The molecule has 108 valence electrons. The first kappa shape index (κ1) is 15.6. The number of rotatable bonds is 8. The van der Waals surface area contributed by atoms with Gasteiger partial charge in [-0.05, 0) is 19.3 Å². The molecule has 1 atom stereocenters. The third-order valence-electron chi connectivity index (χ3n) is 3.47. The van der Waals surface area contributed by atoms with Crippen molar-refractivity contribution < 1.29 is 9.90 Å². The molecule has 0 saturated carbocycles. The first-order chi connectivity index (χ1) is 8.96. The second-order valence-electron chi connectivity index (χ2n) is 4.79. The van der Waals surface area contributed by atoms with E-state index in [2.05, 4.69) is 10.1 Å². The molecule has 1 heterocycles. The molecule has 0 spiro atoms. The van der Waals surface area contributed by atoms with Gasteiger partial charge in [-0.15, -0.1) is 0 Å². The summed E-state index contributed by atoms with van der Waals surface area (Å²) in [7, 11) is 0. The summed E-state index contributed by atoms with van der Waals surface area (Å²) in [6, 6.07) is 0. The average molecular weight is 268 g/mol. The highest BCUT2D eigenvalue weighted by Crippen LogP contribution is 2.15. The Morgan fingerprint density at radius 1 is 1.37 bits per heavy atom. The van der Waals surface area contributed by atoms with Crippen LogP contribution in [0.15, 0.2) is 0 Å². The summed E-state index contributed by atoms with van der Waals surface area (Å²) in [4.78, 5) is 15.5.